The molecule has 1 atom stereocenters. The number of benzene rings is 2. The van der Waals surface area contributed by atoms with E-state index in [0.29, 0.717) is 11.3 Å². The number of aromatic hydroxyl groups is 1. The molecule has 27 heavy (non-hydrogen) atoms. The van der Waals surface area contributed by atoms with E-state index in [0.717, 1.165) is 30.9 Å². The SMILES string of the molecule is CCN(CC)Cc1ccc(NC(N)c2cc(C(C)C)c(OC)cc2O)cc1. The molecule has 0 spiro atoms. The molecular weight excluding hydrogens is 338 g/mol. The second kappa shape index (κ2) is 9.62. The monoisotopic (exact) mass is 371 g/mol. The van der Waals surface area contributed by atoms with Crippen molar-refractivity contribution >= 4 is 5.69 Å². The summed E-state index contributed by atoms with van der Waals surface area (Å²) in [5, 5.41) is 13.6. The molecule has 0 saturated carbocycles. The van der Waals surface area contributed by atoms with Gasteiger partial charge in [-0.25, -0.2) is 0 Å². The Morgan fingerprint density at radius 3 is 2.22 bits per heavy atom. The molecule has 0 aliphatic rings. The fourth-order valence-corrected chi connectivity index (χ4v) is 3.15. The van der Waals surface area contributed by atoms with Gasteiger partial charge in [-0.1, -0.05) is 39.8 Å². The molecule has 2 aromatic carbocycles. The van der Waals surface area contributed by atoms with Gasteiger partial charge in [0.05, 0.1) is 7.11 Å². The third kappa shape index (κ3) is 5.37. The summed E-state index contributed by atoms with van der Waals surface area (Å²) < 4.78 is 5.38. The van der Waals surface area contributed by atoms with Crippen molar-refractivity contribution in [1.29, 1.82) is 0 Å². The number of phenols is 1. The minimum Gasteiger partial charge on any atom is -0.507 e. The fraction of sp³-hybridized carbons (Fsp3) is 0.455. The molecule has 0 aliphatic carbocycles. The van der Waals surface area contributed by atoms with Gasteiger partial charge in [-0.2, -0.15) is 0 Å². The van der Waals surface area contributed by atoms with Crippen molar-refractivity contribution < 1.29 is 9.84 Å². The molecule has 1 unspecified atom stereocenters. The first kappa shape index (κ1) is 21.1. The van der Waals surface area contributed by atoms with Crippen molar-refractivity contribution in [3.63, 3.8) is 0 Å². The quantitative estimate of drug-likeness (QED) is 0.569. The topological polar surface area (TPSA) is 70.8 Å². The van der Waals surface area contributed by atoms with Gasteiger partial charge in [-0.05, 0) is 48.3 Å². The van der Waals surface area contributed by atoms with Crippen LogP contribution in [0.1, 0.15) is 56.5 Å². The average molecular weight is 372 g/mol. The average Bonchev–Trinajstić information content (AvgIpc) is 2.66. The molecule has 4 N–H and O–H groups in total. The summed E-state index contributed by atoms with van der Waals surface area (Å²) in [6.07, 6.45) is -0.512. The summed E-state index contributed by atoms with van der Waals surface area (Å²) in [7, 11) is 1.61. The van der Waals surface area contributed by atoms with Gasteiger partial charge >= 0.3 is 0 Å². The Morgan fingerprint density at radius 1 is 1.07 bits per heavy atom. The van der Waals surface area contributed by atoms with Crippen LogP contribution in [0.2, 0.25) is 0 Å². The number of ether oxygens (including phenoxy) is 1. The zero-order chi connectivity index (χ0) is 20.0. The van der Waals surface area contributed by atoms with Crippen LogP contribution in [0.5, 0.6) is 11.5 Å². The second-order valence-corrected chi connectivity index (χ2v) is 7.09. The number of phenolic OH excluding ortho intramolecular Hbond substituents is 1. The third-order valence-corrected chi connectivity index (χ3v) is 4.91. The predicted octanol–water partition coefficient (Wildman–Crippen LogP) is 4.44. The van der Waals surface area contributed by atoms with Crippen molar-refractivity contribution in [2.75, 3.05) is 25.5 Å². The maximum absolute atomic E-state index is 10.4. The van der Waals surface area contributed by atoms with Gasteiger partial charge in [-0.3, -0.25) is 4.90 Å². The molecule has 0 aromatic heterocycles. The van der Waals surface area contributed by atoms with Crippen LogP contribution in [0.15, 0.2) is 36.4 Å². The number of methoxy groups -OCH3 is 1. The van der Waals surface area contributed by atoms with Gasteiger partial charge in [0, 0.05) is 23.9 Å². The highest BCUT2D eigenvalue weighted by Crippen LogP contribution is 2.35. The summed E-state index contributed by atoms with van der Waals surface area (Å²) in [5.41, 5.74) is 10.2. The van der Waals surface area contributed by atoms with E-state index in [2.05, 4.69) is 50.0 Å². The van der Waals surface area contributed by atoms with Gasteiger partial charge in [-0.15, -0.1) is 0 Å². The maximum Gasteiger partial charge on any atom is 0.126 e. The van der Waals surface area contributed by atoms with E-state index in [-0.39, 0.29) is 11.7 Å². The highest BCUT2D eigenvalue weighted by molar-refractivity contribution is 5.52. The lowest BCUT2D eigenvalue weighted by Gasteiger charge is -2.21. The number of nitrogens with zero attached hydrogens (tertiary/aromatic N) is 1. The highest BCUT2D eigenvalue weighted by atomic mass is 16.5. The van der Waals surface area contributed by atoms with Gasteiger partial charge in [0.25, 0.3) is 0 Å². The van der Waals surface area contributed by atoms with Crippen LogP contribution in [0.4, 0.5) is 5.69 Å². The normalized spacial score (nSPS) is 12.4. The molecule has 5 nitrogen and oxygen atoms in total. The molecule has 2 aromatic rings. The molecule has 0 radical (unpaired) electrons. The Balaban J connectivity index is 2.15. The van der Waals surface area contributed by atoms with E-state index >= 15 is 0 Å². The smallest absolute Gasteiger partial charge is 0.126 e. The van der Waals surface area contributed by atoms with Gasteiger partial charge in [0.1, 0.15) is 17.7 Å². The van der Waals surface area contributed by atoms with Crippen LogP contribution in [-0.4, -0.2) is 30.2 Å². The lowest BCUT2D eigenvalue weighted by Crippen LogP contribution is -2.22. The fourth-order valence-electron chi connectivity index (χ4n) is 3.15. The summed E-state index contributed by atoms with van der Waals surface area (Å²) in [5.74, 6) is 1.08. The Hall–Kier alpha value is -2.24. The van der Waals surface area contributed by atoms with E-state index in [9.17, 15) is 5.11 Å². The number of hydrogen-bond acceptors (Lipinski definition) is 5. The van der Waals surface area contributed by atoms with Crippen LogP contribution in [-0.2, 0) is 6.54 Å². The first-order chi connectivity index (χ1) is 12.9. The molecule has 0 aliphatic heterocycles. The van der Waals surface area contributed by atoms with Crippen molar-refractivity contribution in [2.45, 2.75) is 46.3 Å². The van der Waals surface area contributed by atoms with Crippen molar-refractivity contribution in [2.24, 2.45) is 5.73 Å². The first-order valence-corrected chi connectivity index (χ1v) is 9.63. The van der Waals surface area contributed by atoms with E-state index in [4.69, 9.17) is 10.5 Å². The molecule has 148 valence electrons. The van der Waals surface area contributed by atoms with Crippen molar-refractivity contribution in [3.8, 4) is 11.5 Å². The van der Waals surface area contributed by atoms with Gasteiger partial charge < -0.3 is 20.9 Å². The largest absolute Gasteiger partial charge is 0.507 e. The van der Waals surface area contributed by atoms with E-state index in [1.165, 1.54) is 5.56 Å². The third-order valence-electron chi connectivity index (χ3n) is 4.91. The summed E-state index contributed by atoms with van der Waals surface area (Å²) in [6.45, 7) is 11.5. The van der Waals surface area contributed by atoms with E-state index in [1.54, 1.807) is 13.2 Å². The van der Waals surface area contributed by atoms with Gasteiger partial charge in [0.15, 0.2) is 0 Å². The van der Waals surface area contributed by atoms with Crippen LogP contribution in [0.25, 0.3) is 0 Å². The zero-order valence-corrected chi connectivity index (χ0v) is 17.1. The lowest BCUT2D eigenvalue weighted by molar-refractivity contribution is 0.296. The molecule has 0 heterocycles. The Kier molecular flexibility index (Phi) is 7.51. The molecule has 0 fully saturated rings. The van der Waals surface area contributed by atoms with Crippen LogP contribution < -0.4 is 15.8 Å². The second-order valence-electron chi connectivity index (χ2n) is 7.09. The number of nitrogens with one attached hydrogen (secondary N) is 1. The van der Waals surface area contributed by atoms with Gasteiger partial charge in [0.2, 0.25) is 0 Å². The molecule has 0 saturated heterocycles. The summed E-state index contributed by atoms with van der Waals surface area (Å²) in [4.78, 5) is 2.37. The number of anilines is 1. The number of rotatable bonds is 9. The minimum absolute atomic E-state index is 0.134. The Labute approximate surface area is 163 Å². The van der Waals surface area contributed by atoms with Crippen LogP contribution in [0, 0.1) is 0 Å². The van der Waals surface area contributed by atoms with Crippen molar-refractivity contribution in [3.05, 3.63) is 53.1 Å². The molecule has 0 amide bonds. The van der Waals surface area contributed by atoms with Crippen molar-refractivity contribution in [1.82, 2.24) is 4.90 Å². The van der Waals surface area contributed by atoms with E-state index < -0.39 is 6.17 Å². The summed E-state index contributed by atoms with van der Waals surface area (Å²) in [6, 6.07) is 11.8. The van der Waals surface area contributed by atoms with Crippen LogP contribution >= 0.6 is 0 Å². The lowest BCUT2D eigenvalue weighted by atomic mass is 9.97. The standard InChI is InChI=1S/C22H33N3O2/c1-6-25(7-2)14-16-8-10-17(11-9-16)24-22(23)19-12-18(15(3)4)21(27-5)13-20(19)26/h8-13,15,22,24,26H,6-7,14,23H2,1-5H3. The maximum atomic E-state index is 10.4. The predicted molar refractivity (Wildman–Crippen MR) is 112 cm³/mol. The molecule has 2 rings (SSSR count). The zero-order valence-electron chi connectivity index (χ0n) is 17.1. The minimum atomic E-state index is -0.512. The number of hydrogen-bond donors (Lipinski definition) is 3. The first-order valence-electron chi connectivity index (χ1n) is 9.63. The van der Waals surface area contributed by atoms with Crippen LogP contribution in [0.3, 0.4) is 0 Å². The summed E-state index contributed by atoms with van der Waals surface area (Å²) >= 11 is 0. The molecular formula is C22H33N3O2. The number of nitrogens with two attached hydrogens (primary N) is 1. The molecule has 0 bridgehead atoms. The Morgan fingerprint density at radius 2 is 1.70 bits per heavy atom. The highest BCUT2D eigenvalue weighted by Gasteiger charge is 2.17. The van der Waals surface area contributed by atoms with E-state index in [1.807, 2.05) is 18.2 Å². The Bertz CT molecular complexity index is 725. The molecule has 5 heteroatoms.